The zero-order valence-electron chi connectivity index (χ0n) is 18.1. The van der Waals surface area contributed by atoms with Crippen LogP contribution in [0.2, 0.25) is 0 Å². The summed E-state index contributed by atoms with van der Waals surface area (Å²) in [5.74, 6) is -0.393. The first-order valence-electron chi connectivity index (χ1n) is 10.8. The van der Waals surface area contributed by atoms with Crippen LogP contribution in [0.25, 0.3) is 16.6 Å². The second-order valence-electron chi connectivity index (χ2n) is 8.39. The molecular weight excluding hydrogens is 439 g/mol. The van der Waals surface area contributed by atoms with E-state index in [2.05, 4.69) is 20.9 Å². The molecule has 1 aliphatic carbocycles. The molecule has 0 atom stereocenters. The zero-order chi connectivity index (χ0) is 23.1. The maximum absolute atomic E-state index is 13.5. The van der Waals surface area contributed by atoms with Crippen molar-refractivity contribution in [3.8, 4) is 17.2 Å². The van der Waals surface area contributed by atoms with Gasteiger partial charge in [0.15, 0.2) is 0 Å². The van der Waals surface area contributed by atoms with Gasteiger partial charge in [0.1, 0.15) is 11.9 Å². The number of nitriles is 1. The fraction of sp³-hybridized carbons (Fsp3) is 0.292. The highest BCUT2D eigenvalue weighted by Gasteiger charge is 2.24. The molecule has 0 spiro atoms. The van der Waals surface area contributed by atoms with Gasteiger partial charge >= 0.3 is 0 Å². The average molecular weight is 463 g/mol. The maximum Gasteiger partial charge on any atom is 0.125 e. The second kappa shape index (κ2) is 8.54. The van der Waals surface area contributed by atoms with Crippen LogP contribution in [0.15, 0.2) is 52.6 Å². The van der Waals surface area contributed by atoms with Crippen LogP contribution in [0.4, 0.5) is 10.1 Å². The number of benzene rings is 1. The Bertz CT molecular complexity index is 1380. The zero-order valence-corrected chi connectivity index (χ0v) is 18.9. The van der Waals surface area contributed by atoms with Crippen molar-refractivity contribution in [1.29, 1.82) is 5.26 Å². The van der Waals surface area contributed by atoms with E-state index in [4.69, 9.17) is 5.73 Å². The lowest BCUT2D eigenvalue weighted by atomic mass is 9.93. The molecule has 0 aliphatic heterocycles. The van der Waals surface area contributed by atoms with E-state index in [1.54, 1.807) is 16.8 Å². The van der Waals surface area contributed by atoms with Gasteiger partial charge in [-0.05, 0) is 56.9 Å². The molecule has 3 N–H and O–H groups in total. The van der Waals surface area contributed by atoms with Crippen molar-refractivity contribution >= 4 is 23.0 Å². The summed E-state index contributed by atoms with van der Waals surface area (Å²) in [6.07, 6.45) is 8.46. The lowest BCUT2D eigenvalue weighted by Gasteiger charge is -2.26. The van der Waals surface area contributed by atoms with Crippen molar-refractivity contribution in [1.82, 2.24) is 19.4 Å². The third kappa shape index (κ3) is 3.96. The molecule has 0 unspecified atom stereocenters. The van der Waals surface area contributed by atoms with Gasteiger partial charge < -0.3 is 10.8 Å². The van der Waals surface area contributed by atoms with Crippen LogP contribution in [-0.4, -0.2) is 30.6 Å². The minimum Gasteiger partial charge on any atom is -0.398 e. The van der Waals surface area contributed by atoms with Gasteiger partial charge in [-0.1, -0.05) is 11.8 Å². The number of aliphatic hydroxyl groups excluding tert-OH is 1. The third-order valence-electron chi connectivity index (χ3n) is 6.26. The van der Waals surface area contributed by atoms with E-state index in [-0.39, 0.29) is 12.1 Å². The summed E-state index contributed by atoms with van der Waals surface area (Å²) in [6.45, 7) is 2.05. The predicted molar refractivity (Wildman–Crippen MR) is 124 cm³/mol. The van der Waals surface area contributed by atoms with Crippen LogP contribution < -0.4 is 5.73 Å². The highest BCUT2D eigenvalue weighted by atomic mass is 32.2. The summed E-state index contributed by atoms with van der Waals surface area (Å²) in [6, 6.07) is 8.78. The molecule has 168 valence electrons. The van der Waals surface area contributed by atoms with Gasteiger partial charge in [-0.25, -0.2) is 8.91 Å². The van der Waals surface area contributed by atoms with Crippen molar-refractivity contribution in [2.45, 2.75) is 54.5 Å². The van der Waals surface area contributed by atoms with Crippen molar-refractivity contribution < 1.29 is 9.50 Å². The number of pyridine rings is 1. The summed E-state index contributed by atoms with van der Waals surface area (Å²) < 4.78 is 17.3. The third-order valence-corrected chi connectivity index (χ3v) is 7.38. The molecule has 0 amide bonds. The summed E-state index contributed by atoms with van der Waals surface area (Å²) >= 11 is 1.38. The van der Waals surface area contributed by atoms with Crippen molar-refractivity contribution in [2.24, 2.45) is 0 Å². The molecule has 5 rings (SSSR count). The fourth-order valence-corrected chi connectivity index (χ4v) is 5.54. The fourth-order valence-electron chi connectivity index (χ4n) is 4.50. The standard InChI is InChI=1S/C24H23FN6OS/c1-14-20(12-29-31(14)18-3-5-19(32)6-4-18)15-8-23(24-16(10-26)11-28-30(24)13-15)33-22-7-2-17(25)9-21(22)27/h2,7-9,11-13,18-19,32H,3-6,27H2,1H3/t18-,19+. The number of fused-ring (bicyclic) bond motifs is 1. The number of hydrogen-bond acceptors (Lipinski definition) is 6. The molecule has 1 aromatic carbocycles. The quantitative estimate of drug-likeness (QED) is 0.425. The lowest BCUT2D eigenvalue weighted by Crippen LogP contribution is -2.22. The molecule has 3 aromatic heterocycles. The molecule has 3 heterocycles. The molecule has 1 aliphatic rings. The van der Waals surface area contributed by atoms with Crippen LogP contribution in [-0.2, 0) is 0 Å². The Morgan fingerprint density at radius 1 is 1.15 bits per heavy atom. The highest BCUT2D eigenvalue weighted by Crippen LogP contribution is 2.39. The summed E-state index contributed by atoms with van der Waals surface area (Å²) in [7, 11) is 0. The molecule has 0 bridgehead atoms. The Morgan fingerprint density at radius 2 is 1.94 bits per heavy atom. The summed E-state index contributed by atoms with van der Waals surface area (Å²) in [4.78, 5) is 1.50. The Hall–Kier alpha value is -3.35. The van der Waals surface area contributed by atoms with E-state index in [9.17, 15) is 14.8 Å². The number of aromatic nitrogens is 4. The van der Waals surface area contributed by atoms with E-state index in [1.807, 2.05) is 25.4 Å². The molecule has 0 saturated heterocycles. The number of rotatable bonds is 4. The lowest BCUT2D eigenvalue weighted by molar-refractivity contribution is 0.107. The number of anilines is 1. The normalized spacial score (nSPS) is 18.5. The van der Waals surface area contributed by atoms with Crippen LogP contribution in [0.1, 0.15) is 43.0 Å². The molecule has 9 heteroatoms. The van der Waals surface area contributed by atoms with E-state index < -0.39 is 5.82 Å². The van der Waals surface area contributed by atoms with Crippen molar-refractivity contribution in [2.75, 3.05) is 5.73 Å². The van der Waals surface area contributed by atoms with Crippen LogP contribution in [0, 0.1) is 24.1 Å². The molecule has 1 fully saturated rings. The van der Waals surface area contributed by atoms with Crippen molar-refractivity contribution in [3.63, 3.8) is 0 Å². The highest BCUT2D eigenvalue weighted by molar-refractivity contribution is 7.99. The Labute approximate surface area is 194 Å². The Kier molecular flexibility index (Phi) is 5.56. The monoisotopic (exact) mass is 462 g/mol. The Morgan fingerprint density at radius 3 is 2.67 bits per heavy atom. The number of aliphatic hydroxyl groups is 1. The molecule has 4 aromatic rings. The second-order valence-corrected chi connectivity index (χ2v) is 9.47. The number of nitrogens with two attached hydrogens (primary N) is 1. The minimum absolute atomic E-state index is 0.216. The first-order valence-corrected chi connectivity index (χ1v) is 11.6. The predicted octanol–water partition coefficient (Wildman–Crippen LogP) is 4.73. The van der Waals surface area contributed by atoms with Crippen LogP contribution in [0.5, 0.6) is 0 Å². The van der Waals surface area contributed by atoms with Gasteiger partial charge in [0.25, 0.3) is 0 Å². The van der Waals surface area contributed by atoms with Gasteiger partial charge in [0.05, 0.1) is 35.6 Å². The van der Waals surface area contributed by atoms with Gasteiger partial charge in [0, 0.05) is 38.5 Å². The minimum atomic E-state index is -0.393. The van der Waals surface area contributed by atoms with Crippen molar-refractivity contribution in [3.05, 3.63) is 59.9 Å². The summed E-state index contributed by atoms with van der Waals surface area (Å²) in [5.41, 5.74) is 10.5. The van der Waals surface area contributed by atoms with Gasteiger partial charge in [-0.3, -0.25) is 4.68 Å². The van der Waals surface area contributed by atoms with E-state index >= 15 is 0 Å². The summed E-state index contributed by atoms with van der Waals surface area (Å²) in [5, 5.41) is 28.5. The smallest absolute Gasteiger partial charge is 0.125 e. The van der Waals surface area contributed by atoms with E-state index in [0.717, 1.165) is 47.4 Å². The van der Waals surface area contributed by atoms with E-state index in [1.165, 1.54) is 23.9 Å². The number of halogens is 1. The Balaban J connectivity index is 1.58. The van der Waals surface area contributed by atoms with Gasteiger partial charge in [-0.2, -0.15) is 15.5 Å². The van der Waals surface area contributed by atoms with Gasteiger partial charge in [0.2, 0.25) is 0 Å². The van der Waals surface area contributed by atoms with E-state index in [0.29, 0.717) is 21.7 Å². The largest absolute Gasteiger partial charge is 0.398 e. The maximum atomic E-state index is 13.5. The number of hydrogen-bond donors (Lipinski definition) is 2. The van der Waals surface area contributed by atoms with Gasteiger partial charge in [-0.15, -0.1) is 0 Å². The molecule has 1 saturated carbocycles. The first kappa shape index (κ1) is 21.5. The molecular formula is C24H23FN6OS. The first-order chi connectivity index (χ1) is 15.9. The number of nitrogens with zero attached hydrogens (tertiary/aromatic N) is 5. The SMILES string of the molecule is Cc1c(-c2cc(Sc3ccc(F)cc3N)c3c(C#N)cnn3c2)cnn1[C@H]1CC[C@@H](O)CC1. The van der Waals surface area contributed by atoms with Crippen LogP contribution in [0.3, 0.4) is 0 Å². The molecule has 33 heavy (non-hydrogen) atoms. The topological polar surface area (TPSA) is 105 Å². The molecule has 7 nitrogen and oxygen atoms in total. The van der Waals surface area contributed by atoms with Crippen LogP contribution >= 0.6 is 11.8 Å². The number of nitrogen functional groups attached to an aromatic ring is 1. The average Bonchev–Trinajstić information content (AvgIpc) is 3.39. The molecule has 0 radical (unpaired) electrons.